The quantitative estimate of drug-likeness (QED) is 0.293. The molecule has 0 radical (unpaired) electrons. The molecule has 4 aromatic rings. The Balaban J connectivity index is 1.51. The van der Waals surface area contributed by atoms with Crippen molar-refractivity contribution >= 4 is 44.7 Å². The molecule has 0 saturated heterocycles. The average Bonchev–Trinajstić information content (AvgIpc) is 3.36. The third kappa shape index (κ3) is 3.92. The van der Waals surface area contributed by atoms with Crippen LogP contribution in [0.2, 0.25) is 0 Å². The highest BCUT2D eigenvalue weighted by atomic mass is 32.2. The van der Waals surface area contributed by atoms with Gasteiger partial charge < -0.3 is 9.47 Å². The number of thiazole rings is 1. The summed E-state index contributed by atoms with van der Waals surface area (Å²) < 4.78 is 12.2. The minimum atomic E-state index is 0.606. The van der Waals surface area contributed by atoms with Crippen molar-refractivity contribution in [1.82, 2.24) is 15.0 Å². The van der Waals surface area contributed by atoms with Crippen LogP contribution in [0.1, 0.15) is 12.6 Å². The van der Waals surface area contributed by atoms with E-state index in [1.165, 1.54) is 0 Å². The van der Waals surface area contributed by atoms with Crippen LogP contribution in [0.3, 0.4) is 0 Å². The zero-order valence-corrected chi connectivity index (χ0v) is 17.3. The molecule has 0 amide bonds. The van der Waals surface area contributed by atoms with Crippen LogP contribution < -0.4 is 9.47 Å². The molecule has 5 nitrogen and oxygen atoms in total. The van der Waals surface area contributed by atoms with E-state index in [-0.39, 0.29) is 0 Å². The summed E-state index contributed by atoms with van der Waals surface area (Å²) in [6.45, 7) is 2.56. The molecular weight excluding hydrogens is 398 g/mol. The number of thiophene rings is 1. The van der Waals surface area contributed by atoms with Gasteiger partial charge in [-0.05, 0) is 36.6 Å². The van der Waals surface area contributed by atoms with E-state index in [0.29, 0.717) is 6.61 Å². The van der Waals surface area contributed by atoms with E-state index in [0.717, 1.165) is 48.8 Å². The third-order valence-electron chi connectivity index (χ3n) is 3.83. The van der Waals surface area contributed by atoms with E-state index in [9.17, 15) is 0 Å². The number of aromatic nitrogens is 3. The van der Waals surface area contributed by atoms with Gasteiger partial charge in [-0.1, -0.05) is 11.8 Å². The molecule has 3 heterocycles. The first-order chi connectivity index (χ1) is 13.3. The maximum absolute atomic E-state index is 5.58. The van der Waals surface area contributed by atoms with Gasteiger partial charge in [0.15, 0.2) is 11.5 Å². The number of fused-ring (bicyclic) bond motifs is 1. The van der Waals surface area contributed by atoms with Crippen LogP contribution in [-0.2, 0) is 5.75 Å². The Morgan fingerprint density at radius 1 is 1.11 bits per heavy atom. The summed E-state index contributed by atoms with van der Waals surface area (Å²) in [4.78, 5) is 13.5. The second kappa shape index (κ2) is 8.24. The molecule has 1 aromatic carbocycles. The normalized spacial score (nSPS) is 11.0. The monoisotopic (exact) mass is 415 g/mol. The summed E-state index contributed by atoms with van der Waals surface area (Å²) in [7, 11) is 1.65. The fraction of sp³-hybridized carbons (Fsp3) is 0.211. The lowest BCUT2D eigenvalue weighted by Crippen LogP contribution is -1.95. The van der Waals surface area contributed by atoms with Gasteiger partial charge in [0.05, 0.1) is 29.6 Å². The van der Waals surface area contributed by atoms with Gasteiger partial charge in [0.1, 0.15) is 16.4 Å². The summed E-state index contributed by atoms with van der Waals surface area (Å²) >= 11 is 4.99. The number of nitrogens with zero attached hydrogens (tertiary/aromatic N) is 3. The van der Waals surface area contributed by atoms with Gasteiger partial charge in [-0.3, -0.25) is 0 Å². The van der Waals surface area contributed by atoms with E-state index in [1.54, 1.807) is 47.9 Å². The molecule has 138 valence electrons. The number of hydrogen-bond acceptors (Lipinski definition) is 8. The zero-order valence-electron chi connectivity index (χ0n) is 14.8. The van der Waals surface area contributed by atoms with Crippen molar-refractivity contribution < 1.29 is 9.47 Å². The highest BCUT2D eigenvalue weighted by Crippen LogP contribution is 2.35. The predicted octanol–water partition coefficient (Wildman–Crippen LogP) is 5.51. The molecule has 0 bridgehead atoms. The van der Waals surface area contributed by atoms with Crippen LogP contribution in [0, 0.1) is 0 Å². The van der Waals surface area contributed by atoms with Crippen LogP contribution >= 0.6 is 34.4 Å². The van der Waals surface area contributed by atoms with E-state index in [4.69, 9.17) is 14.5 Å². The number of methoxy groups -OCH3 is 1. The molecule has 0 unspecified atom stereocenters. The SMILES string of the molecule is CCOc1ccc(-c2nc(CSc3ncnc4ccsc34)cs2)cc1OC. The molecule has 0 spiro atoms. The molecule has 4 rings (SSSR count). The fourth-order valence-corrected chi connectivity index (χ4v) is 5.35. The van der Waals surface area contributed by atoms with Crippen molar-refractivity contribution in [2.24, 2.45) is 0 Å². The van der Waals surface area contributed by atoms with E-state index in [1.807, 2.05) is 36.6 Å². The topological polar surface area (TPSA) is 57.1 Å². The standard InChI is InChI=1S/C19H17N3O2S3/c1-3-24-15-5-4-12(8-16(15)23-2)18-22-13(9-26-18)10-27-19-17-14(6-7-25-17)20-11-21-19/h4-9,11H,3,10H2,1-2H3. The van der Waals surface area contributed by atoms with E-state index in [2.05, 4.69) is 15.3 Å². The highest BCUT2D eigenvalue weighted by molar-refractivity contribution is 7.98. The Morgan fingerprint density at radius 2 is 2.04 bits per heavy atom. The molecule has 0 fully saturated rings. The zero-order chi connectivity index (χ0) is 18.6. The summed E-state index contributed by atoms with van der Waals surface area (Å²) in [5.41, 5.74) is 3.06. The van der Waals surface area contributed by atoms with Crippen LogP contribution in [0.5, 0.6) is 11.5 Å². The number of rotatable bonds is 7. The van der Waals surface area contributed by atoms with Gasteiger partial charge >= 0.3 is 0 Å². The number of thioether (sulfide) groups is 1. The Morgan fingerprint density at radius 3 is 2.89 bits per heavy atom. The van der Waals surface area contributed by atoms with Crippen molar-refractivity contribution in [3.05, 3.63) is 47.0 Å². The maximum Gasteiger partial charge on any atom is 0.161 e. The first kappa shape index (κ1) is 18.2. The molecule has 27 heavy (non-hydrogen) atoms. The van der Waals surface area contributed by atoms with Gasteiger partial charge in [0.25, 0.3) is 0 Å². The van der Waals surface area contributed by atoms with Crippen LogP contribution in [0.4, 0.5) is 0 Å². The van der Waals surface area contributed by atoms with Crippen molar-refractivity contribution in [3.8, 4) is 22.1 Å². The van der Waals surface area contributed by atoms with E-state index >= 15 is 0 Å². The summed E-state index contributed by atoms with van der Waals surface area (Å²) in [6.07, 6.45) is 1.62. The second-order valence-corrected chi connectivity index (χ2v) is 8.28. The summed E-state index contributed by atoms with van der Waals surface area (Å²) in [6, 6.07) is 7.94. The lowest BCUT2D eigenvalue weighted by Gasteiger charge is -2.09. The molecule has 8 heteroatoms. The van der Waals surface area contributed by atoms with Gasteiger partial charge in [-0.2, -0.15) is 0 Å². The maximum atomic E-state index is 5.58. The molecular formula is C19H17N3O2S3. The molecule has 0 saturated carbocycles. The molecule has 3 aromatic heterocycles. The van der Waals surface area contributed by atoms with Gasteiger partial charge in [-0.25, -0.2) is 15.0 Å². The smallest absolute Gasteiger partial charge is 0.161 e. The molecule has 0 N–H and O–H groups in total. The van der Waals surface area contributed by atoms with Gasteiger partial charge in [0, 0.05) is 16.7 Å². The predicted molar refractivity (Wildman–Crippen MR) is 112 cm³/mol. The largest absolute Gasteiger partial charge is 0.493 e. The van der Waals surface area contributed by atoms with Crippen molar-refractivity contribution in [2.45, 2.75) is 17.7 Å². The lowest BCUT2D eigenvalue weighted by atomic mass is 10.2. The van der Waals surface area contributed by atoms with Crippen LogP contribution in [0.15, 0.2) is 46.4 Å². The second-order valence-electron chi connectivity index (χ2n) is 5.55. The van der Waals surface area contributed by atoms with Crippen LogP contribution in [0.25, 0.3) is 20.8 Å². The van der Waals surface area contributed by atoms with E-state index < -0.39 is 0 Å². The molecule has 0 aliphatic heterocycles. The Bertz CT molecular complexity index is 1060. The number of benzene rings is 1. The molecule has 0 aliphatic rings. The van der Waals surface area contributed by atoms with Crippen molar-refractivity contribution in [2.75, 3.05) is 13.7 Å². The summed E-state index contributed by atoms with van der Waals surface area (Å²) in [5.74, 6) is 2.25. The first-order valence-corrected chi connectivity index (χ1v) is 11.1. The Kier molecular flexibility index (Phi) is 5.56. The fourth-order valence-electron chi connectivity index (χ4n) is 2.59. The number of hydrogen-bond donors (Lipinski definition) is 0. The minimum Gasteiger partial charge on any atom is -0.493 e. The minimum absolute atomic E-state index is 0.606. The van der Waals surface area contributed by atoms with Gasteiger partial charge in [0.2, 0.25) is 0 Å². The number of ether oxygens (including phenoxy) is 2. The highest BCUT2D eigenvalue weighted by Gasteiger charge is 2.11. The Hall–Kier alpha value is -2.16. The van der Waals surface area contributed by atoms with Crippen molar-refractivity contribution in [3.63, 3.8) is 0 Å². The molecule has 0 atom stereocenters. The first-order valence-electron chi connectivity index (χ1n) is 8.35. The van der Waals surface area contributed by atoms with Gasteiger partial charge in [-0.15, -0.1) is 22.7 Å². The Labute approximate surface area is 169 Å². The summed E-state index contributed by atoms with van der Waals surface area (Å²) in [5, 5.41) is 6.12. The average molecular weight is 416 g/mol. The van der Waals surface area contributed by atoms with Crippen LogP contribution in [-0.4, -0.2) is 28.7 Å². The molecule has 0 aliphatic carbocycles. The lowest BCUT2D eigenvalue weighted by molar-refractivity contribution is 0.311. The third-order valence-corrected chi connectivity index (χ3v) is 6.83. The van der Waals surface area contributed by atoms with Crippen molar-refractivity contribution in [1.29, 1.82) is 0 Å².